The van der Waals surface area contributed by atoms with Gasteiger partial charge < -0.3 is 5.32 Å². The molecule has 0 aliphatic carbocycles. The molecule has 1 atom stereocenters. The molecule has 3 aromatic rings. The summed E-state index contributed by atoms with van der Waals surface area (Å²) in [7, 11) is 0. The van der Waals surface area contributed by atoms with Crippen LogP contribution in [0.3, 0.4) is 0 Å². The first-order valence-corrected chi connectivity index (χ1v) is 7.24. The fourth-order valence-electron chi connectivity index (χ4n) is 1.93. The number of hydrogen-bond donors (Lipinski definition) is 1. The number of anilines is 1. The molecule has 1 unspecified atom stereocenters. The summed E-state index contributed by atoms with van der Waals surface area (Å²) in [5, 5.41) is 10.3. The van der Waals surface area contributed by atoms with E-state index in [-0.39, 0.29) is 11.0 Å². The van der Waals surface area contributed by atoms with Gasteiger partial charge in [-0.05, 0) is 23.8 Å². The molecule has 3 heterocycles. The summed E-state index contributed by atoms with van der Waals surface area (Å²) >= 11 is 0.827. The molecule has 0 amide bonds. The maximum absolute atomic E-state index is 12.6. The average molecular weight is 319 g/mol. The van der Waals surface area contributed by atoms with Crippen molar-refractivity contribution in [1.29, 1.82) is 0 Å². The van der Waals surface area contributed by atoms with E-state index in [2.05, 4.69) is 25.5 Å². The molecular weight excluding hydrogens is 308 g/mol. The van der Waals surface area contributed by atoms with Crippen LogP contribution in [0.2, 0.25) is 0 Å². The van der Waals surface area contributed by atoms with E-state index in [0.29, 0.717) is 5.13 Å². The Hall–Kier alpha value is -2.48. The van der Waals surface area contributed by atoms with Gasteiger partial charge in [-0.25, -0.2) is 8.78 Å². The van der Waals surface area contributed by atoms with E-state index >= 15 is 0 Å². The molecule has 0 saturated carbocycles. The van der Waals surface area contributed by atoms with E-state index in [0.717, 1.165) is 22.6 Å². The molecule has 0 spiro atoms. The van der Waals surface area contributed by atoms with Crippen LogP contribution < -0.4 is 5.32 Å². The van der Waals surface area contributed by atoms with Gasteiger partial charge in [-0.2, -0.15) is 0 Å². The number of alkyl halides is 2. The highest BCUT2D eigenvalue weighted by molar-refractivity contribution is 7.15. The number of nitrogens with zero attached hydrogens (tertiary/aromatic N) is 4. The highest BCUT2D eigenvalue weighted by Gasteiger charge is 2.19. The first-order chi connectivity index (χ1) is 10.7. The number of nitrogens with one attached hydrogen (secondary N) is 1. The first kappa shape index (κ1) is 14.5. The minimum absolute atomic E-state index is 0.312. The lowest BCUT2D eigenvalue weighted by Crippen LogP contribution is -2.13. The maximum Gasteiger partial charge on any atom is 0.291 e. The lowest BCUT2D eigenvalue weighted by Gasteiger charge is -2.17. The Balaban J connectivity index is 1.92. The molecule has 112 valence electrons. The molecule has 0 aromatic carbocycles. The molecule has 0 bridgehead atoms. The van der Waals surface area contributed by atoms with Gasteiger partial charge >= 0.3 is 0 Å². The van der Waals surface area contributed by atoms with Crippen LogP contribution in [0.5, 0.6) is 0 Å². The smallest absolute Gasteiger partial charge is 0.291 e. The summed E-state index contributed by atoms with van der Waals surface area (Å²) in [6, 6.07) is 8.86. The van der Waals surface area contributed by atoms with E-state index in [1.807, 2.05) is 24.3 Å². The second-order valence-corrected chi connectivity index (χ2v) is 5.37. The van der Waals surface area contributed by atoms with Crippen molar-refractivity contribution >= 4 is 16.5 Å². The Morgan fingerprint density at radius 2 is 1.95 bits per heavy atom. The van der Waals surface area contributed by atoms with Crippen LogP contribution in [0.25, 0.3) is 0 Å². The van der Waals surface area contributed by atoms with Crippen molar-refractivity contribution in [3.8, 4) is 0 Å². The van der Waals surface area contributed by atoms with Crippen LogP contribution in [0, 0.1) is 0 Å². The van der Waals surface area contributed by atoms with Gasteiger partial charge in [0.25, 0.3) is 6.43 Å². The SMILES string of the molecule is FC(F)c1nnc(NC(c2cccnc2)c2ccccn2)s1. The van der Waals surface area contributed by atoms with Crippen LogP contribution in [0.1, 0.15) is 28.7 Å². The highest BCUT2D eigenvalue weighted by atomic mass is 32.1. The van der Waals surface area contributed by atoms with Crippen molar-refractivity contribution in [2.24, 2.45) is 0 Å². The van der Waals surface area contributed by atoms with Gasteiger partial charge in [0.2, 0.25) is 5.13 Å². The van der Waals surface area contributed by atoms with E-state index < -0.39 is 6.43 Å². The number of halogens is 2. The molecule has 22 heavy (non-hydrogen) atoms. The van der Waals surface area contributed by atoms with Crippen LogP contribution in [0.15, 0.2) is 48.9 Å². The zero-order valence-electron chi connectivity index (χ0n) is 11.2. The summed E-state index contributed by atoms with van der Waals surface area (Å²) in [5.74, 6) is 0. The van der Waals surface area contributed by atoms with Crippen molar-refractivity contribution in [1.82, 2.24) is 20.2 Å². The van der Waals surface area contributed by atoms with Crippen LogP contribution in [-0.4, -0.2) is 20.2 Å². The number of rotatable bonds is 5. The second-order valence-electron chi connectivity index (χ2n) is 4.36. The van der Waals surface area contributed by atoms with Gasteiger partial charge in [0.15, 0.2) is 5.01 Å². The second kappa shape index (κ2) is 6.52. The molecule has 0 aliphatic rings. The third-order valence-electron chi connectivity index (χ3n) is 2.90. The predicted octanol–water partition coefficient (Wildman–Crippen LogP) is 3.47. The van der Waals surface area contributed by atoms with Crippen molar-refractivity contribution in [3.05, 3.63) is 65.2 Å². The molecule has 8 heteroatoms. The molecule has 3 rings (SSSR count). The van der Waals surface area contributed by atoms with Gasteiger partial charge in [-0.1, -0.05) is 23.5 Å². The Labute approximate surface area is 129 Å². The number of aromatic nitrogens is 4. The summed E-state index contributed by atoms with van der Waals surface area (Å²) in [4.78, 5) is 8.40. The summed E-state index contributed by atoms with van der Waals surface area (Å²) in [5.41, 5.74) is 1.60. The zero-order chi connectivity index (χ0) is 15.4. The lowest BCUT2D eigenvalue weighted by molar-refractivity contribution is 0.150. The van der Waals surface area contributed by atoms with Gasteiger partial charge in [0, 0.05) is 18.6 Å². The minimum atomic E-state index is -2.63. The Kier molecular flexibility index (Phi) is 4.29. The van der Waals surface area contributed by atoms with Crippen LogP contribution in [-0.2, 0) is 0 Å². The molecular formula is C14H11F2N5S. The van der Waals surface area contributed by atoms with Gasteiger partial charge in [-0.15, -0.1) is 10.2 Å². The van der Waals surface area contributed by atoms with Crippen molar-refractivity contribution in [2.45, 2.75) is 12.5 Å². The quantitative estimate of drug-likeness (QED) is 0.780. The fourth-order valence-corrected chi connectivity index (χ4v) is 2.55. The van der Waals surface area contributed by atoms with Crippen molar-refractivity contribution in [2.75, 3.05) is 5.32 Å². The number of hydrogen-bond acceptors (Lipinski definition) is 6. The molecule has 0 radical (unpaired) electrons. The third-order valence-corrected chi connectivity index (χ3v) is 3.76. The Bertz CT molecular complexity index is 681. The van der Waals surface area contributed by atoms with E-state index in [4.69, 9.17) is 0 Å². The van der Waals surface area contributed by atoms with E-state index in [1.54, 1.807) is 24.7 Å². The van der Waals surface area contributed by atoms with Gasteiger partial charge in [0.1, 0.15) is 0 Å². The largest absolute Gasteiger partial charge is 0.348 e. The molecule has 0 fully saturated rings. The van der Waals surface area contributed by atoms with E-state index in [1.165, 1.54) is 0 Å². The zero-order valence-corrected chi connectivity index (χ0v) is 12.0. The van der Waals surface area contributed by atoms with Crippen LogP contribution >= 0.6 is 11.3 Å². The van der Waals surface area contributed by atoms with Gasteiger partial charge in [-0.3, -0.25) is 9.97 Å². The Morgan fingerprint density at radius 1 is 1.05 bits per heavy atom. The standard InChI is InChI=1S/C14H11F2N5S/c15-12(16)13-20-21-14(22-13)19-11(9-4-3-6-17-8-9)10-5-1-2-7-18-10/h1-8,11-12H,(H,19,21). The minimum Gasteiger partial charge on any atom is -0.348 e. The summed E-state index contributed by atoms with van der Waals surface area (Å²) < 4.78 is 25.2. The molecule has 0 aliphatic heterocycles. The topological polar surface area (TPSA) is 63.6 Å². The molecule has 3 aromatic heterocycles. The highest BCUT2D eigenvalue weighted by Crippen LogP contribution is 2.29. The monoisotopic (exact) mass is 319 g/mol. The van der Waals surface area contributed by atoms with E-state index in [9.17, 15) is 8.78 Å². The molecule has 0 saturated heterocycles. The van der Waals surface area contributed by atoms with Crippen molar-refractivity contribution < 1.29 is 8.78 Å². The summed E-state index contributed by atoms with van der Waals surface area (Å²) in [6.45, 7) is 0. The normalized spacial score (nSPS) is 12.3. The average Bonchev–Trinajstić information content (AvgIpc) is 3.03. The fraction of sp³-hybridized carbons (Fsp3) is 0.143. The number of pyridine rings is 2. The van der Waals surface area contributed by atoms with Gasteiger partial charge in [0.05, 0.1) is 11.7 Å². The molecule has 1 N–H and O–H groups in total. The first-order valence-electron chi connectivity index (χ1n) is 6.43. The maximum atomic E-state index is 12.6. The van der Waals surface area contributed by atoms with Crippen LogP contribution in [0.4, 0.5) is 13.9 Å². The third kappa shape index (κ3) is 3.22. The van der Waals surface area contributed by atoms with Crippen molar-refractivity contribution in [3.63, 3.8) is 0 Å². The molecule has 5 nitrogen and oxygen atoms in total. The Morgan fingerprint density at radius 3 is 2.59 bits per heavy atom. The predicted molar refractivity (Wildman–Crippen MR) is 78.8 cm³/mol. The lowest BCUT2D eigenvalue weighted by atomic mass is 10.1. The summed E-state index contributed by atoms with van der Waals surface area (Å²) in [6.07, 6.45) is 2.41.